The standard InChI is InChI=1S/C16H18N2O2/c1-9-7-12(17)4-5-13(9)16-10(2)11(8-15(19)20)3-6-14(16)18/h3-7H,8,17-18H2,1-2H3,(H,19,20). The molecule has 0 amide bonds. The van der Waals surface area contributed by atoms with Gasteiger partial charge in [-0.25, -0.2) is 0 Å². The molecule has 2 aromatic rings. The summed E-state index contributed by atoms with van der Waals surface area (Å²) >= 11 is 0. The molecule has 0 unspecified atom stereocenters. The number of benzene rings is 2. The number of hydrogen-bond donors (Lipinski definition) is 3. The number of hydrogen-bond acceptors (Lipinski definition) is 3. The summed E-state index contributed by atoms with van der Waals surface area (Å²) in [6.45, 7) is 3.87. The predicted molar refractivity (Wildman–Crippen MR) is 81.5 cm³/mol. The molecule has 0 radical (unpaired) electrons. The molecular weight excluding hydrogens is 252 g/mol. The fourth-order valence-corrected chi connectivity index (χ4v) is 2.46. The van der Waals surface area contributed by atoms with E-state index in [1.807, 2.05) is 32.0 Å². The summed E-state index contributed by atoms with van der Waals surface area (Å²) in [6.07, 6.45) is -0.00681. The van der Waals surface area contributed by atoms with Crippen molar-refractivity contribution in [2.75, 3.05) is 11.5 Å². The van der Waals surface area contributed by atoms with Crippen LogP contribution in [0.3, 0.4) is 0 Å². The molecule has 0 atom stereocenters. The average molecular weight is 270 g/mol. The molecular formula is C16H18N2O2. The van der Waals surface area contributed by atoms with Crippen molar-refractivity contribution in [3.8, 4) is 11.1 Å². The maximum absolute atomic E-state index is 10.9. The second kappa shape index (κ2) is 5.25. The lowest BCUT2D eigenvalue weighted by Crippen LogP contribution is -2.05. The van der Waals surface area contributed by atoms with Crippen LogP contribution in [-0.4, -0.2) is 11.1 Å². The van der Waals surface area contributed by atoms with Crippen molar-refractivity contribution in [1.29, 1.82) is 0 Å². The number of anilines is 2. The Labute approximate surface area is 118 Å². The Hall–Kier alpha value is -2.49. The maximum Gasteiger partial charge on any atom is 0.307 e. The van der Waals surface area contributed by atoms with E-state index in [1.165, 1.54) is 0 Å². The Balaban J connectivity index is 2.63. The molecule has 0 aromatic heterocycles. The molecule has 0 aliphatic rings. The molecule has 4 nitrogen and oxygen atoms in total. The molecule has 2 aromatic carbocycles. The lowest BCUT2D eigenvalue weighted by atomic mass is 9.91. The molecule has 0 bridgehead atoms. The SMILES string of the molecule is Cc1cc(N)ccc1-c1c(N)ccc(CC(=O)O)c1C. The molecule has 5 N–H and O–H groups in total. The molecule has 0 aliphatic carbocycles. The van der Waals surface area contributed by atoms with Crippen LogP contribution in [0.15, 0.2) is 30.3 Å². The van der Waals surface area contributed by atoms with Gasteiger partial charge in [-0.3, -0.25) is 4.79 Å². The van der Waals surface area contributed by atoms with Gasteiger partial charge in [0.1, 0.15) is 0 Å². The molecule has 104 valence electrons. The number of carboxylic acids is 1. The summed E-state index contributed by atoms with van der Waals surface area (Å²) in [5, 5.41) is 8.97. The molecule has 0 saturated carbocycles. The Kier molecular flexibility index (Phi) is 3.66. The van der Waals surface area contributed by atoms with Crippen molar-refractivity contribution in [1.82, 2.24) is 0 Å². The molecule has 4 heteroatoms. The van der Waals surface area contributed by atoms with E-state index in [1.54, 1.807) is 12.1 Å². The average Bonchev–Trinajstić information content (AvgIpc) is 2.35. The van der Waals surface area contributed by atoms with Crippen LogP contribution < -0.4 is 11.5 Å². The third-order valence-electron chi connectivity index (χ3n) is 3.47. The van der Waals surface area contributed by atoms with Gasteiger partial charge in [0.15, 0.2) is 0 Å². The van der Waals surface area contributed by atoms with Crippen LogP contribution in [0.5, 0.6) is 0 Å². The first kappa shape index (κ1) is 13.9. The van der Waals surface area contributed by atoms with Gasteiger partial charge in [-0.15, -0.1) is 0 Å². The lowest BCUT2D eigenvalue weighted by Gasteiger charge is -2.16. The fourth-order valence-electron chi connectivity index (χ4n) is 2.46. The van der Waals surface area contributed by atoms with Crippen LogP contribution >= 0.6 is 0 Å². The second-order valence-corrected chi connectivity index (χ2v) is 4.96. The first-order valence-corrected chi connectivity index (χ1v) is 6.36. The minimum Gasteiger partial charge on any atom is -0.481 e. The Morgan fingerprint density at radius 1 is 1.15 bits per heavy atom. The first-order chi connectivity index (χ1) is 9.40. The van der Waals surface area contributed by atoms with E-state index < -0.39 is 5.97 Å². The van der Waals surface area contributed by atoms with Crippen molar-refractivity contribution in [3.05, 3.63) is 47.0 Å². The highest BCUT2D eigenvalue weighted by Gasteiger charge is 2.14. The van der Waals surface area contributed by atoms with Gasteiger partial charge < -0.3 is 16.6 Å². The van der Waals surface area contributed by atoms with Gasteiger partial charge in [0.2, 0.25) is 0 Å². The van der Waals surface area contributed by atoms with Crippen molar-refractivity contribution >= 4 is 17.3 Å². The smallest absolute Gasteiger partial charge is 0.307 e. The van der Waals surface area contributed by atoms with E-state index >= 15 is 0 Å². The lowest BCUT2D eigenvalue weighted by molar-refractivity contribution is -0.136. The monoisotopic (exact) mass is 270 g/mol. The highest BCUT2D eigenvalue weighted by atomic mass is 16.4. The molecule has 0 aliphatic heterocycles. The van der Waals surface area contributed by atoms with Gasteiger partial charge in [-0.1, -0.05) is 12.1 Å². The topological polar surface area (TPSA) is 89.3 Å². The zero-order valence-corrected chi connectivity index (χ0v) is 11.6. The zero-order valence-electron chi connectivity index (χ0n) is 11.6. The van der Waals surface area contributed by atoms with Crippen LogP contribution in [0.25, 0.3) is 11.1 Å². The van der Waals surface area contributed by atoms with Gasteiger partial charge in [0.25, 0.3) is 0 Å². The fraction of sp³-hybridized carbons (Fsp3) is 0.188. The van der Waals surface area contributed by atoms with E-state index in [0.717, 1.165) is 27.8 Å². The van der Waals surface area contributed by atoms with E-state index in [0.29, 0.717) is 11.4 Å². The molecule has 0 spiro atoms. The van der Waals surface area contributed by atoms with Crippen molar-refractivity contribution in [2.45, 2.75) is 20.3 Å². The number of aryl methyl sites for hydroxylation is 1. The number of aliphatic carboxylic acids is 1. The van der Waals surface area contributed by atoms with Gasteiger partial charge >= 0.3 is 5.97 Å². The quantitative estimate of drug-likeness (QED) is 0.748. The summed E-state index contributed by atoms with van der Waals surface area (Å²) in [5.41, 5.74) is 17.8. The minimum absolute atomic E-state index is 0.00681. The molecule has 0 heterocycles. The normalized spacial score (nSPS) is 10.5. The Morgan fingerprint density at radius 2 is 1.85 bits per heavy atom. The largest absolute Gasteiger partial charge is 0.481 e. The number of carbonyl (C=O) groups is 1. The molecule has 0 fully saturated rings. The van der Waals surface area contributed by atoms with E-state index in [2.05, 4.69) is 0 Å². The summed E-state index contributed by atoms with van der Waals surface area (Å²) < 4.78 is 0. The molecule has 0 saturated heterocycles. The Bertz CT molecular complexity index is 678. The number of nitrogen functional groups attached to an aromatic ring is 2. The Morgan fingerprint density at radius 3 is 2.45 bits per heavy atom. The third-order valence-corrected chi connectivity index (χ3v) is 3.47. The predicted octanol–water partition coefficient (Wildman–Crippen LogP) is 2.76. The van der Waals surface area contributed by atoms with Crippen molar-refractivity contribution < 1.29 is 9.90 Å². The van der Waals surface area contributed by atoms with Gasteiger partial charge in [0, 0.05) is 16.9 Å². The van der Waals surface area contributed by atoms with E-state index in [4.69, 9.17) is 16.6 Å². The minimum atomic E-state index is -0.849. The number of nitrogens with two attached hydrogens (primary N) is 2. The van der Waals surface area contributed by atoms with E-state index in [9.17, 15) is 4.79 Å². The summed E-state index contributed by atoms with van der Waals surface area (Å²) in [4.78, 5) is 10.9. The van der Waals surface area contributed by atoms with E-state index in [-0.39, 0.29) is 6.42 Å². The summed E-state index contributed by atoms with van der Waals surface area (Å²) in [5.74, 6) is -0.849. The van der Waals surface area contributed by atoms with Crippen LogP contribution in [0.4, 0.5) is 11.4 Å². The summed E-state index contributed by atoms with van der Waals surface area (Å²) in [7, 11) is 0. The summed E-state index contributed by atoms with van der Waals surface area (Å²) in [6, 6.07) is 9.17. The number of carboxylic acid groups (broad SMARTS) is 1. The zero-order chi connectivity index (χ0) is 14.9. The van der Waals surface area contributed by atoms with Gasteiger partial charge in [0.05, 0.1) is 6.42 Å². The third kappa shape index (κ3) is 2.59. The highest BCUT2D eigenvalue weighted by Crippen LogP contribution is 2.34. The van der Waals surface area contributed by atoms with Crippen LogP contribution in [0.1, 0.15) is 16.7 Å². The van der Waals surface area contributed by atoms with Crippen molar-refractivity contribution in [2.24, 2.45) is 0 Å². The van der Waals surface area contributed by atoms with Gasteiger partial charge in [-0.2, -0.15) is 0 Å². The highest BCUT2D eigenvalue weighted by molar-refractivity contribution is 5.84. The molecule has 2 rings (SSSR count). The van der Waals surface area contributed by atoms with Crippen LogP contribution in [0, 0.1) is 13.8 Å². The second-order valence-electron chi connectivity index (χ2n) is 4.96. The van der Waals surface area contributed by atoms with Gasteiger partial charge in [-0.05, 0) is 54.3 Å². The first-order valence-electron chi connectivity index (χ1n) is 6.36. The molecule has 20 heavy (non-hydrogen) atoms. The van der Waals surface area contributed by atoms with Crippen molar-refractivity contribution in [3.63, 3.8) is 0 Å². The van der Waals surface area contributed by atoms with Crippen LogP contribution in [0.2, 0.25) is 0 Å². The van der Waals surface area contributed by atoms with Crippen LogP contribution in [-0.2, 0) is 11.2 Å². The maximum atomic E-state index is 10.9. The number of rotatable bonds is 3.